The van der Waals surface area contributed by atoms with Crippen LogP contribution in [0.3, 0.4) is 0 Å². The number of hydrogen-bond donors (Lipinski definition) is 2. The lowest BCUT2D eigenvalue weighted by molar-refractivity contribution is 0.414. The van der Waals surface area contributed by atoms with Crippen molar-refractivity contribution in [1.82, 2.24) is 25.4 Å². The van der Waals surface area contributed by atoms with E-state index in [1.807, 2.05) is 54.9 Å². The fraction of sp³-hybridized carbons (Fsp3) is 0.348. The third-order valence-electron chi connectivity index (χ3n) is 5.16. The molecule has 0 bridgehead atoms. The molecular formula is C23H30ClIN6O. The Hall–Kier alpha value is -2.33. The van der Waals surface area contributed by atoms with E-state index in [0.29, 0.717) is 24.1 Å². The molecule has 32 heavy (non-hydrogen) atoms. The van der Waals surface area contributed by atoms with Crippen molar-refractivity contribution in [3.05, 3.63) is 76.3 Å². The maximum Gasteiger partial charge on any atom is 0.192 e. The van der Waals surface area contributed by atoms with E-state index in [2.05, 4.69) is 39.9 Å². The third kappa shape index (κ3) is 7.09. The van der Waals surface area contributed by atoms with Crippen LogP contribution in [0.5, 0.6) is 5.75 Å². The molecule has 9 heteroatoms. The Bertz CT molecular complexity index is 1020. The molecule has 1 atom stereocenters. The average Bonchev–Trinajstić information content (AvgIpc) is 3.11. The van der Waals surface area contributed by atoms with E-state index in [-0.39, 0.29) is 30.0 Å². The van der Waals surface area contributed by atoms with Gasteiger partial charge in [0.15, 0.2) is 11.8 Å². The van der Waals surface area contributed by atoms with Gasteiger partial charge >= 0.3 is 0 Å². The zero-order chi connectivity index (χ0) is 22.2. The number of guanidine groups is 1. The van der Waals surface area contributed by atoms with Gasteiger partial charge in [-0.1, -0.05) is 48.0 Å². The van der Waals surface area contributed by atoms with Crippen LogP contribution in [0.2, 0.25) is 5.02 Å². The number of ether oxygens (including phenoxy) is 1. The summed E-state index contributed by atoms with van der Waals surface area (Å²) in [4.78, 5) is 4.73. The maximum absolute atomic E-state index is 6.38. The van der Waals surface area contributed by atoms with Crippen LogP contribution in [0.15, 0.2) is 53.5 Å². The number of methoxy groups -OCH3 is 1. The largest absolute Gasteiger partial charge is 0.497 e. The molecule has 0 saturated carbocycles. The SMILES string of the molecule is COc1ccc(CCNC(=NCc2nnc(C)n2C)NC(C)c2ccccc2)c(Cl)c1.I. The zero-order valence-electron chi connectivity index (χ0n) is 18.8. The van der Waals surface area contributed by atoms with Crippen LogP contribution >= 0.6 is 35.6 Å². The van der Waals surface area contributed by atoms with Crippen molar-refractivity contribution in [1.29, 1.82) is 0 Å². The molecule has 2 aromatic carbocycles. The van der Waals surface area contributed by atoms with E-state index in [0.717, 1.165) is 29.4 Å². The number of benzene rings is 2. The summed E-state index contributed by atoms with van der Waals surface area (Å²) >= 11 is 6.38. The van der Waals surface area contributed by atoms with Crippen LogP contribution in [0.25, 0.3) is 0 Å². The van der Waals surface area contributed by atoms with Crippen LogP contribution in [0.1, 0.15) is 35.7 Å². The first-order valence-electron chi connectivity index (χ1n) is 10.2. The molecule has 1 unspecified atom stereocenters. The Morgan fingerprint density at radius 1 is 1.19 bits per heavy atom. The average molecular weight is 569 g/mol. The third-order valence-corrected chi connectivity index (χ3v) is 5.51. The Kier molecular flexibility index (Phi) is 10.2. The highest BCUT2D eigenvalue weighted by molar-refractivity contribution is 14.0. The van der Waals surface area contributed by atoms with Crippen molar-refractivity contribution in [2.75, 3.05) is 13.7 Å². The van der Waals surface area contributed by atoms with Gasteiger partial charge in [0.1, 0.15) is 18.1 Å². The molecule has 172 valence electrons. The molecule has 3 rings (SSSR count). The van der Waals surface area contributed by atoms with Crippen LogP contribution in [0, 0.1) is 6.92 Å². The van der Waals surface area contributed by atoms with E-state index >= 15 is 0 Å². The summed E-state index contributed by atoms with van der Waals surface area (Å²) in [6.45, 7) is 5.14. The lowest BCUT2D eigenvalue weighted by Gasteiger charge is -2.19. The van der Waals surface area contributed by atoms with E-state index in [9.17, 15) is 0 Å². The van der Waals surface area contributed by atoms with Gasteiger partial charge in [0.25, 0.3) is 0 Å². The quantitative estimate of drug-likeness (QED) is 0.239. The van der Waals surface area contributed by atoms with Gasteiger partial charge in [-0.25, -0.2) is 4.99 Å². The summed E-state index contributed by atoms with van der Waals surface area (Å²) in [7, 11) is 3.58. The number of halogens is 2. The number of nitrogens with one attached hydrogen (secondary N) is 2. The molecule has 0 spiro atoms. The second-order valence-corrected chi connectivity index (χ2v) is 7.71. The van der Waals surface area contributed by atoms with Crippen molar-refractivity contribution < 1.29 is 4.74 Å². The predicted octanol–water partition coefficient (Wildman–Crippen LogP) is 4.44. The Balaban J connectivity index is 0.00000363. The zero-order valence-corrected chi connectivity index (χ0v) is 21.9. The van der Waals surface area contributed by atoms with Crippen LogP contribution in [0.4, 0.5) is 0 Å². The summed E-state index contributed by atoms with van der Waals surface area (Å²) in [5, 5.41) is 15.9. The van der Waals surface area contributed by atoms with Crippen LogP contribution < -0.4 is 15.4 Å². The highest BCUT2D eigenvalue weighted by Crippen LogP contribution is 2.22. The normalized spacial score (nSPS) is 12.1. The minimum absolute atomic E-state index is 0. The summed E-state index contributed by atoms with van der Waals surface area (Å²) < 4.78 is 7.16. The van der Waals surface area contributed by atoms with Crippen molar-refractivity contribution in [2.24, 2.45) is 12.0 Å². The first-order chi connectivity index (χ1) is 15.0. The number of hydrogen-bond acceptors (Lipinski definition) is 4. The monoisotopic (exact) mass is 568 g/mol. The van der Waals surface area contributed by atoms with Gasteiger partial charge in [-0.3, -0.25) is 0 Å². The lowest BCUT2D eigenvalue weighted by atomic mass is 10.1. The molecule has 1 heterocycles. The molecule has 0 aliphatic heterocycles. The smallest absolute Gasteiger partial charge is 0.192 e. The van der Waals surface area contributed by atoms with Crippen molar-refractivity contribution >= 4 is 41.5 Å². The summed E-state index contributed by atoms with van der Waals surface area (Å²) in [6, 6.07) is 16.1. The number of aliphatic imine (C=N–C) groups is 1. The molecule has 2 N–H and O–H groups in total. The molecule has 0 aliphatic rings. The maximum atomic E-state index is 6.38. The van der Waals surface area contributed by atoms with Gasteiger partial charge in [-0.05, 0) is 43.5 Å². The highest BCUT2D eigenvalue weighted by Gasteiger charge is 2.10. The minimum atomic E-state index is 0. The first kappa shape index (κ1) is 25.9. The highest BCUT2D eigenvalue weighted by atomic mass is 127. The number of aryl methyl sites for hydroxylation is 1. The van der Waals surface area contributed by atoms with Gasteiger partial charge in [-0.2, -0.15) is 0 Å². The van der Waals surface area contributed by atoms with Gasteiger partial charge in [0.05, 0.1) is 13.2 Å². The fourth-order valence-electron chi connectivity index (χ4n) is 3.09. The summed E-state index contributed by atoms with van der Waals surface area (Å²) in [5.41, 5.74) is 2.24. The van der Waals surface area contributed by atoms with Crippen molar-refractivity contribution in [3.63, 3.8) is 0 Å². The molecule has 0 aliphatic carbocycles. The Morgan fingerprint density at radius 2 is 1.94 bits per heavy atom. The van der Waals surface area contributed by atoms with E-state index in [4.69, 9.17) is 21.3 Å². The van der Waals surface area contributed by atoms with Crippen LogP contribution in [-0.2, 0) is 20.0 Å². The molecule has 7 nitrogen and oxygen atoms in total. The molecule has 0 amide bonds. The van der Waals surface area contributed by atoms with Gasteiger partial charge < -0.3 is 19.9 Å². The number of rotatable bonds is 8. The van der Waals surface area contributed by atoms with E-state index < -0.39 is 0 Å². The van der Waals surface area contributed by atoms with E-state index in [1.54, 1.807) is 7.11 Å². The fourth-order valence-corrected chi connectivity index (χ4v) is 3.36. The topological polar surface area (TPSA) is 76.4 Å². The van der Waals surface area contributed by atoms with Crippen molar-refractivity contribution in [2.45, 2.75) is 32.9 Å². The first-order valence-corrected chi connectivity index (χ1v) is 10.6. The molecule has 3 aromatic rings. The number of aromatic nitrogens is 3. The minimum Gasteiger partial charge on any atom is -0.497 e. The van der Waals surface area contributed by atoms with Gasteiger partial charge in [0, 0.05) is 18.6 Å². The predicted molar refractivity (Wildman–Crippen MR) is 140 cm³/mol. The van der Waals surface area contributed by atoms with Gasteiger partial charge in [0.2, 0.25) is 0 Å². The lowest BCUT2D eigenvalue weighted by Crippen LogP contribution is -2.39. The van der Waals surface area contributed by atoms with Crippen molar-refractivity contribution in [3.8, 4) is 5.75 Å². The van der Waals surface area contributed by atoms with Crippen LogP contribution in [-0.4, -0.2) is 34.4 Å². The second-order valence-electron chi connectivity index (χ2n) is 7.30. The van der Waals surface area contributed by atoms with E-state index in [1.165, 1.54) is 5.56 Å². The molecule has 0 fully saturated rings. The molecule has 0 radical (unpaired) electrons. The molecule has 0 saturated heterocycles. The molecule has 1 aromatic heterocycles. The summed E-state index contributed by atoms with van der Waals surface area (Å²) in [5.74, 6) is 3.13. The Labute approximate surface area is 211 Å². The Morgan fingerprint density at radius 3 is 2.56 bits per heavy atom. The summed E-state index contributed by atoms with van der Waals surface area (Å²) in [6.07, 6.45) is 0.756. The standard InChI is InChI=1S/C23H29ClN6O.HI/c1-16(18-8-6-5-7-9-18)27-23(26-15-22-29-28-17(2)30(22)3)25-13-12-19-10-11-20(31-4)14-21(19)24;/h5-11,14,16H,12-13,15H2,1-4H3,(H2,25,26,27);1H. The van der Waals surface area contributed by atoms with Gasteiger partial charge in [-0.15, -0.1) is 34.2 Å². The molecular weight excluding hydrogens is 539 g/mol. The second kappa shape index (κ2) is 12.6. The number of nitrogens with zero attached hydrogens (tertiary/aromatic N) is 4.